The van der Waals surface area contributed by atoms with Crippen molar-refractivity contribution in [3.63, 3.8) is 0 Å². The van der Waals surface area contributed by atoms with Crippen LogP contribution in [0.25, 0.3) is 0 Å². The maximum absolute atomic E-state index is 13.1. The maximum Gasteiger partial charge on any atom is 0.217 e. The normalized spacial score (nSPS) is 12.9. The third-order valence-corrected chi connectivity index (χ3v) is 2.04. The van der Waals surface area contributed by atoms with E-state index in [9.17, 15) is 4.39 Å². The zero-order valence-electron chi connectivity index (χ0n) is 7.43. The molecule has 4 heteroatoms. The van der Waals surface area contributed by atoms with Gasteiger partial charge in [-0.05, 0) is 12.5 Å². The van der Waals surface area contributed by atoms with Crippen molar-refractivity contribution in [2.45, 2.75) is 25.8 Å². The lowest BCUT2D eigenvalue weighted by Gasteiger charge is -2.10. The fraction of sp³-hybridized carbons (Fsp3) is 0.444. The Morgan fingerprint density at radius 1 is 1.69 bits per heavy atom. The van der Waals surface area contributed by atoms with E-state index in [0.29, 0.717) is 10.6 Å². The van der Waals surface area contributed by atoms with Gasteiger partial charge in [0.1, 0.15) is 0 Å². The first kappa shape index (κ1) is 10.4. The molecule has 13 heavy (non-hydrogen) atoms. The average molecular weight is 203 g/mol. The highest BCUT2D eigenvalue weighted by Crippen LogP contribution is 2.20. The molecule has 72 valence electrons. The van der Waals surface area contributed by atoms with Crippen LogP contribution < -0.4 is 5.73 Å². The highest BCUT2D eigenvalue weighted by atomic mass is 35.5. The zero-order chi connectivity index (χ0) is 9.84. The summed E-state index contributed by atoms with van der Waals surface area (Å²) in [4.78, 5) is 3.50. The molecule has 0 aliphatic carbocycles. The Morgan fingerprint density at radius 3 is 3.00 bits per heavy atom. The number of hydrogen-bond donors (Lipinski definition) is 1. The smallest absolute Gasteiger partial charge is 0.217 e. The molecular weight excluding hydrogens is 191 g/mol. The maximum atomic E-state index is 13.1. The lowest BCUT2D eigenvalue weighted by molar-refractivity contribution is 0.530. The van der Waals surface area contributed by atoms with Gasteiger partial charge in [0, 0.05) is 17.8 Å². The van der Waals surface area contributed by atoms with Crippen LogP contribution in [0.2, 0.25) is 5.02 Å². The van der Waals surface area contributed by atoms with Gasteiger partial charge in [0.05, 0.1) is 5.02 Å². The fourth-order valence-electron chi connectivity index (χ4n) is 1.16. The molecule has 1 rings (SSSR count). The van der Waals surface area contributed by atoms with E-state index in [-0.39, 0.29) is 6.04 Å². The molecular formula is C9H12ClFN2. The molecule has 0 spiro atoms. The lowest BCUT2D eigenvalue weighted by atomic mass is 10.1. The van der Waals surface area contributed by atoms with Crippen LogP contribution in [0.3, 0.4) is 0 Å². The van der Waals surface area contributed by atoms with Gasteiger partial charge in [0.15, 0.2) is 0 Å². The van der Waals surface area contributed by atoms with E-state index < -0.39 is 5.95 Å². The lowest BCUT2D eigenvalue weighted by Crippen LogP contribution is -2.12. The summed E-state index contributed by atoms with van der Waals surface area (Å²) in [5.41, 5.74) is 6.13. The van der Waals surface area contributed by atoms with Crippen LogP contribution in [0.1, 0.15) is 31.4 Å². The van der Waals surface area contributed by atoms with Crippen molar-refractivity contribution in [1.29, 1.82) is 0 Å². The quantitative estimate of drug-likeness (QED) is 0.766. The fourth-order valence-corrected chi connectivity index (χ4v) is 1.33. The van der Waals surface area contributed by atoms with Gasteiger partial charge in [0.25, 0.3) is 0 Å². The van der Waals surface area contributed by atoms with E-state index in [4.69, 9.17) is 17.3 Å². The number of nitrogens with two attached hydrogens (primary N) is 1. The van der Waals surface area contributed by atoms with Crippen molar-refractivity contribution in [3.05, 3.63) is 28.8 Å². The number of pyridine rings is 1. The Morgan fingerprint density at radius 2 is 2.38 bits per heavy atom. The molecule has 0 aromatic carbocycles. The monoisotopic (exact) mass is 202 g/mol. The molecule has 0 saturated heterocycles. The predicted molar refractivity (Wildman–Crippen MR) is 51.0 cm³/mol. The molecule has 0 amide bonds. The van der Waals surface area contributed by atoms with E-state index >= 15 is 0 Å². The Balaban J connectivity index is 2.91. The van der Waals surface area contributed by atoms with Gasteiger partial charge >= 0.3 is 0 Å². The number of hydrogen-bond acceptors (Lipinski definition) is 2. The van der Waals surface area contributed by atoms with Crippen LogP contribution >= 0.6 is 11.6 Å². The zero-order valence-corrected chi connectivity index (χ0v) is 8.18. The van der Waals surface area contributed by atoms with Gasteiger partial charge < -0.3 is 5.73 Å². The molecule has 0 unspecified atom stereocenters. The van der Waals surface area contributed by atoms with Gasteiger partial charge in [-0.1, -0.05) is 24.9 Å². The highest BCUT2D eigenvalue weighted by Gasteiger charge is 2.11. The largest absolute Gasteiger partial charge is 0.324 e. The summed E-state index contributed by atoms with van der Waals surface area (Å²) < 4.78 is 13.1. The molecule has 0 fully saturated rings. The summed E-state index contributed by atoms with van der Waals surface area (Å²) >= 11 is 5.68. The third kappa shape index (κ3) is 2.64. The van der Waals surface area contributed by atoms with Gasteiger partial charge in [-0.3, -0.25) is 0 Å². The van der Waals surface area contributed by atoms with Gasteiger partial charge in [0.2, 0.25) is 5.95 Å². The molecule has 1 atom stereocenters. The Hall–Kier alpha value is -0.670. The Kier molecular flexibility index (Phi) is 3.63. The summed E-state index contributed by atoms with van der Waals surface area (Å²) in [6.07, 6.45) is 2.92. The van der Waals surface area contributed by atoms with Crippen molar-refractivity contribution in [2.75, 3.05) is 0 Å². The second kappa shape index (κ2) is 4.53. The molecule has 1 aromatic heterocycles. The first-order valence-corrected chi connectivity index (χ1v) is 4.59. The van der Waals surface area contributed by atoms with Crippen molar-refractivity contribution < 1.29 is 4.39 Å². The van der Waals surface area contributed by atoms with Crippen LogP contribution in [0, 0.1) is 5.95 Å². The molecule has 2 nitrogen and oxygen atoms in total. The first-order valence-electron chi connectivity index (χ1n) is 4.21. The minimum atomic E-state index is -0.523. The van der Waals surface area contributed by atoms with E-state index in [1.807, 2.05) is 6.92 Å². The molecule has 2 N–H and O–H groups in total. The standard InChI is InChI=1S/C9H12ClFN2/c1-2-3-8(12)7-4-6(10)5-13-9(7)11/h4-5,8H,2-3,12H2,1H3/t8-/m1/s1. The van der Waals surface area contributed by atoms with Crippen LogP contribution in [0.4, 0.5) is 4.39 Å². The van der Waals surface area contributed by atoms with Crippen molar-refractivity contribution in [2.24, 2.45) is 5.73 Å². The summed E-state index contributed by atoms with van der Waals surface area (Å²) in [6.45, 7) is 2.00. The molecule has 0 aliphatic heterocycles. The van der Waals surface area contributed by atoms with Crippen LogP contribution in [-0.2, 0) is 0 Å². The second-order valence-corrected chi connectivity index (χ2v) is 3.37. The van der Waals surface area contributed by atoms with Crippen molar-refractivity contribution in [1.82, 2.24) is 4.98 Å². The van der Waals surface area contributed by atoms with Gasteiger partial charge in [-0.15, -0.1) is 0 Å². The summed E-state index contributed by atoms with van der Waals surface area (Å²) in [5, 5.41) is 0.419. The summed E-state index contributed by atoms with van der Waals surface area (Å²) in [5.74, 6) is -0.523. The van der Waals surface area contributed by atoms with Crippen LogP contribution in [0.15, 0.2) is 12.3 Å². The predicted octanol–water partition coefficient (Wildman–Crippen LogP) is 2.67. The van der Waals surface area contributed by atoms with E-state index in [1.165, 1.54) is 12.3 Å². The number of halogens is 2. The van der Waals surface area contributed by atoms with Crippen LogP contribution in [0.5, 0.6) is 0 Å². The Labute approximate surface area is 81.9 Å². The number of rotatable bonds is 3. The first-order chi connectivity index (χ1) is 6.15. The summed E-state index contributed by atoms with van der Waals surface area (Å²) in [6, 6.07) is 1.22. The summed E-state index contributed by atoms with van der Waals surface area (Å²) in [7, 11) is 0. The molecule has 0 radical (unpaired) electrons. The molecule has 0 bridgehead atoms. The van der Waals surface area contributed by atoms with Crippen molar-refractivity contribution in [3.8, 4) is 0 Å². The van der Waals surface area contributed by atoms with E-state index in [2.05, 4.69) is 4.98 Å². The minimum Gasteiger partial charge on any atom is -0.324 e. The van der Waals surface area contributed by atoms with Crippen LogP contribution in [-0.4, -0.2) is 4.98 Å². The Bertz CT molecular complexity index is 291. The highest BCUT2D eigenvalue weighted by molar-refractivity contribution is 6.30. The minimum absolute atomic E-state index is 0.309. The topological polar surface area (TPSA) is 38.9 Å². The number of nitrogens with zero attached hydrogens (tertiary/aromatic N) is 1. The molecule has 1 heterocycles. The SMILES string of the molecule is CCC[C@@H](N)c1cc(Cl)cnc1F. The molecule has 1 aromatic rings. The van der Waals surface area contributed by atoms with Crippen molar-refractivity contribution >= 4 is 11.6 Å². The van der Waals surface area contributed by atoms with Gasteiger partial charge in [-0.25, -0.2) is 4.98 Å². The third-order valence-electron chi connectivity index (χ3n) is 1.83. The molecule has 0 aliphatic rings. The molecule has 0 saturated carbocycles. The van der Waals surface area contributed by atoms with E-state index in [0.717, 1.165) is 12.8 Å². The van der Waals surface area contributed by atoms with Gasteiger partial charge in [-0.2, -0.15) is 4.39 Å². The average Bonchev–Trinajstić information content (AvgIpc) is 2.09. The number of aromatic nitrogens is 1. The van der Waals surface area contributed by atoms with E-state index in [1.54, 1.807) is 0 Å². The second-order valence-electron chi connectivity index (χ2n) is 2.93.